The van der Waals surface area contributed by atoms with Gasteiger partial charge in [-0.25, -0.2) is 18.7 Å². The van der Waals surface area contributed by atoms with E-state index >= 15 is 0 Å². The Morgan fingerprint density at radius 2 is 2.08 bits per heavy atom. The van der Waals surface area contributed by atoms with Crippen molar-refractivity contribution in [2.45, 2.75) is 26.4 Å². The number of esters is 1. The molecule has 0 saturated carbocycles. The number of ether oxygens (including phenoxy) is 1. The maximum atomic E-state index is 13.0. The SMILES string of the molecule is CCOC(=O)C1=C(C)NC(=O)NC1c1cn(Cc2ccc(F)cc2)nn1. The quantitative estimate of drug-likeness (QED) is 0.791. The minimum absolute atomic E-state index is 0.216. The van der Waals surface area contributed by atoms with E-state index < -0.39 is 18.0 Å². The number of rotatable bonds is 5. The molecule has 2 N–H and O–H groups in total. The van der Waals surface area contributed by atoms with E-state index in [-0.39, 0.29) is 18.0 Å². The smallest absolute Gasteiger partial charge is 0.338 e. The van der Waals surface area contributed by atoms with Crippen LogP contribution in [0.25, 0.3) is 0 Å². The Morgan fingerprint density at radius 3 is 2.77 bits per heavy atom. The maximum absolute atomic E-state index is 13.0. The lowest BCUT2D eigenvalue weighted by Gasteiger charge is -2.26. The van der Waals surface area contributed by atoms with E-state index in [0.717, 1.165) is 5.56 Å². The fourth-order valence-corrected chi connectivity index (χ4v) is 2.69. The van der Waals surface area contributed by atoms with Crippen molar-refractivity contribution in [3.05, 3.63) is 58.8 Å². The van der Waals surface area contributed by atoms with Crippen molar-refractivity contribution in [3.8, 4) is 0 Å². The molecular formula is C17H18FN5O3. The molecule has 0 aliphatic carbocycles. The number of amides is 2. The Kier molecular flexibility index (Phi) is 4.97. The molecule has 1 aliphatic heterocycles. The summed E-state index contributed by atoms with van der Waals surface area (Å²) in [6, 6.07) is 4.84. The second-order valence-corrected chi connectivity index (χ2v) is 5.76. The van der Waals surface area contributed by atoms with Gasteiger partial charge in [0, 0.05) is 5.70 Å². The Bertz CT molecular complexity index is 860. The summed E-state index contributed by atoms with van der Waals surface area (Å²) in [5, 5.41) is 13.3. The summed E-state index contributed by atoms with van der Waals surface area (Å²) < 4.78 is 19.6. The van der Waals surface area contributed by atoms with Gasteiger partial charge >= 0.3 is 12.0 Å². The first kappa shape index (κ1) is 17.6. The average Bonchev–Trinajstić information content (AvgIpc) is 3.05. The van der Waals surface area contributed by atoms with E-state index in [2.05, 4.69) is 20.9 Å². The number of nitrogens with zero attached hydrogens (tertiary/aromatic N) is 3. The molecule has 1 aliphatic rings. The molecule has 0 fully saturated rings. The van der Waals surface area contributed by atoms with Gasteiger partial charge < -0.3 is 15.4 Å². The molecular weight excluding hydrogens is 341 g/mol. The largest absolute Gasteiger partial charge is 0.463 e. The van der Waals surface area contributed by atoms with Gasteiger partial charge in [0.05, 0.1) is 24.9 Å². The van der Waals surface area contributed by atoms with Crippen LogP contribution < -0.4 is 10.6 Å². The Balaban J connectivity index is 1.85. The van der Waals surface area contributed by atoms with Gasteiger partial charge in [0.15, 0.2) is 0 Å². The molecule has 2 heterocycles. The highest BCUT2D eigenvalue weighted by molar-refractivity contribution is 5.94. The van der Waals surface area contributed by atoms with Crippen molar-refractivity contribution >= 4 is 12.0 Å². The van der Waals surface area contributed by atoms with Gasteiger partial charge in [-0.2, -0.15) is 0 Å². The molecule has 26 heavy (non-hydrogen) atoms. The number of hydrogen-bond acceptors (Lipinski definition) is 5. The van der Waals surface area contributed by atoms with Crippen LogP contribution in [0.5, 0.6) is 0 Å². The van der Waals surface area contributed by atoms with Gasteiger partial charge in [-0.15, -0.1) is 5.10 Å². The zero-order valence-electron chi connectivity index (χ0n) is 14.3. The van der Waals surface area contributed by atoms with Gasteiger partial charge in [-0.1, -0.05) is 17.3 Å². The van der Waals surface area contributed by atoms with Crippen LogP contribution in [0.15, 0.2) is 41.7 Å². The third kappa shape index (κ3) is 3.71. The van der Waals surface area contributed by atoms with Crippen LogP contribution in [0.3, 0.4) is 0 Å². The monoisotopic (exact) mass is 359 g/mol. The first-order valence-electron chi connectivity index (χ1n) is 8.07. The lowest BCUT2D eigenvalue weighted by atomic mass is 10.0. The molecule has 1 atom stereocenters. The van der Waals surface area contributed by atoms with Gasteiger partial charge in [0.25, 0.3) is 0 Å². The predicted molar refractivity (Wildman–Crippen MR) is 89.3 cm³/mol. The van der Waals surface area contributed by atoms with Gasteiger partial charge in [-0.3, -0.25) is 0 Å². The molecule has 2 amide bonds. The van der Waals surface area contributed by atoms with E-state index in [4.69, 9.17) is 4.74 Å². The molecule has 0 bridgehead atoms. The third-order valence-electron chi connectivity index (χ3n) is 3.87. The average molecular weight is 359 g/mol. The molecule has 9 heteroatoms. The summed E-state index contributed by atoms with van der Waals surface area (Å²) in [5.41, 5.74) is 1.93. The molecule has 1 aromatic heterocycles. The molecule has 2 aromatic rings. The number of benzene rings is 1. The molecule has 1 unspecified atom stereocenters. The number of allylic oxidation sites excluding steroid dienone is 1. The molecule has 8 nitrogen and oxygen atoms in total. The summed E-state index contributed by atoms with van der Waals surface area (Å²) in [7, 11) is 0. The van der Waals surface area contributed by atoms with E-state index in [1.165, 1.54) is 12.1 Å². The van der Waals surface area contributed by atoms with Crippen molar-refractivity contribution in [2.75, 3.05) is 6.61 Å². The fourth-order valence-electron chi connectivity index (χ4n) is 2.69. The standard InChI is InChI=1S/C17H18FN5O3/c1-3-26-16(24)14-10(2)19-17(25)20-15(14)13-9-23(22-21-13)8-11-4-6-12(18)7-5-11/h4-7,9,15H,3,8H2,1-2H3,(H2,19,20,25). The van der Waals surface area contributed by atoms with Crippen LogP contribution >= 0.6 is 0 Å². The summed E-state index contributed by atoms with van der Waals surface area (Å²) in [5.74, 6) is -0.847. The molecule has 0 radical (unpaired) electrons. The zero-order valence-corrected chi connectivity index (χ0v) is 14.3. The van der Waals surface area contributed by atoms with E-state index in [1.807, 2.05) is 0 Å². The second-order valence-electron chi connectivity index (χ2n) is 5.76. The number of aromatic nitrogens is 3. The topological polar surface area (TPSA) is 98.1 Å². The molecule has 0 saturated heterocycles. The molecule has 1 aromatic carbocycles. The molecule has 0 spiro atoms. The minimum atomic E-state index is -0.759. The van der Waals surface area contributed by atoms with Crippen LogP contribution in [0.1, 0.15) is 31.1 Å². The van der Waals surface area contributed by atoms with Crippen LogP contribution in [-0.4, -0.2) is 33.6 Å². The summed E-state index contributed by atoms with van der Waals surface area (Å²) in [6.45, 7) is 3.93. The van der Waals surface area contributed by atoms with Crippen molar-refractivity contribution in [1.29, 1.82) is 0 Å². The zero-order chi connectivity index (χ0) is 18.7. The first-order chi connectivity index (χ1) is 12.5. The van der Waals surface area contributed by atoms with Gasteiger partial charge in [0.1, 0.15) is 17.6 Å². The Labute approximate surface area is 149 Å². The van der Waals surface area contributed by atoms with Gasteiger partial charge in [0.2, 0.25) is 0 Å². The Hall–Kier alpha value is -3.23. The highest BCUT2D eigenvalue weighted by Crippen LogP contribution is 2.26. The number of halogens is 1. The molecule has 3 rings (SSSR count). The van der Waals surface area contributed by atoms with Crippen molar-refractivity contribution < 1.29 is 18.7 Å². The van der Waals surface area contributed by atoms with Crippen LogP contribution in [-0.2, 0) is 16.1 Å². The summed E-state index contributed by atoms with van der Waals surface area (Å²) in [4.78, 5) is 24.1. The van der Waals surface area contributed by atoms with E-state index in [1.54, 1.807) is 36.9 Å². The molecule has 136 valence electrons. The predicted octanol–water partition coefficient (Wildman–Crippen LogP) is 1.66. The first-order valence-corrected chi connectivity index (χ1v) is 8.07. The van der Waals surface area contributed by atoms with Crippen molar-refractivity contribution in [1.82, 2.24) is 25.6 Å². The number of carbonyl (C=O) groups is 2. The number of hydrogen-bond donors (Lipinski definition) is 2. The van der Waals surface area contributed by atoms with Crippen LogP contribution in [0, 0.1) is 5.82 Å². The van der Waals surface area contributed by atoms with E-state index in [9.17, 15) is 14.0 Å². The normalized spacial score (nSPS) is 16.9. The van der Waals surface area contributed by atoms with Gasteiger partial charge in [-0.05, 0) is 31.5 Å². The summed E-state index contributed by atoms with van der Waals surface area (Å²) >= 11 is 0. The lowest BCUT2D eigenvalue weighted by Crippen LogP contribution is -2.45. The second kappa shape index (κ2) is 7.34. The lowest BCUT2D eigenvalue weighted by molar-refractivity contribution is -0.139. The third-order valence-corrected chi connectivity index (χ3v) is 3.87. The van der Waals surface area contributed by atoms with Crippen molar-refractivity contribution in [3.63, 3.8) is 0 Å². The maximum Gasteiger partial charge on any atom is 0.338 e. The number of urea groups is 1. The number of nitrogens with one attached hydrogen (secondary N) is 2. The van der Waals surface area contributed by atoms with Crippen LogP contribution in [0.2, 0.25) is 0 Å². The van der Waals surface area contributed by atoms with Crippen LogP contribution in [0.4, 0.5) is 9.18 Å². The number of carbonyl (C=O) groups excluding carboxylic acids is 2. The fraction of sp³-hybridized carbons (Fsp3) is 0.294. The Morgan fingerprint density at radius 1 is 1.35 bits per heavy atom. The highest BCUT2D eigenvalue weighted by Gasteiger charge is 2.33. The van der Waals surface area contributed by atoms with Crippen molar-refractivity contribution in [2.24, 2.45) is 0 Å². The van der Waals surface area contributed by atoms with E-state index in [0.29, 0.717) is 17.9 Å². The minimum Gasteiger partial charge on any atom is -0.463 e. The highest BCUT2D eigenvalue weighted by atomic mass is 19.1. The summed E-state index contributed by atoms with van der Waals surface area (Å²) in [6.07, 6.45) is 1.63.